The number of halogens is 1. The first-order valence-corrected chi connectivity index (χ1v) is 11.0. The van der Waals surface area contributed by atoms with Crippen molar-refractivity contribution in [1.29, 1.82) is 0 Å². The highest BCUT2D eigenvalue weighted by atomic mass is 32.2. The summed E-state index contributed by atoms with van der Waals surface area (Å²) in [6.45, 7) is 4.54. The molecule has 0 bridgehead atoms. The molecule has 0 amide bonds. The molecule has 0 aliphatic carbocycles. The average Bonchev–Trinajstić information content (AvgIpc) is 2.69. The average molecular weight is 420 g/mol. The molecule has 1 heterocycles. The van der Waals surface area contributed by atoms with Gasteiger partial charge in [-0.1, -0.05) is 48.5 Å². The minimum Gasteiger partial charge on any atom is -0.481 e. The summed E-state index contributed by atoms with van der Waals surface area (Å²) in [5, 5.41) is 8.78. The van der Waals surface area contributed by atoms with Crippen LogP contribution in [0.4, 0.5) is 4.39 Å². The number of carbonyl (C=O) groups is 1. The maximum absolute atomic E-state index is 12.1. The molecule has 1 N–H and O–H groups in total. The number of sulfonamides is 1. The van der Waals surface area contributed by atoms with E-state index < -0.39 is 16.0 Å². The van der Waals surface area contributed by atoms with E-state index in [1.165, 1.54) is 22.5 Å². The maximum Gasteiger partial charge on any atom is 0.307 e. The molecular weight excluding hydrogens is 393 g/mol. The Bertz CT molecular complexity index is 898. The summed E-state index contributed by atoms with van der Waals surface area (Å²) < 4.78 is 37.7. The summed E-state index contributed by atoms with van der Waals surface area (Å²) in [5.41, 5.74) is 1.82. The normalized spacial score (nSPS) is 17.1. The molecule has 0 saturated carbocycles. The highest BCUT2D eigenvalue weighted by Gasteiger charge is 2.28. The van der Waals surface area contributed by atoms with Gasteiger partial charge in [-0.2, -0.15) is 0 Å². The Balaban J connectivity index is 0.000000360. The van der Waals surface area contributed by atoms with Gasteiger partial charge >= 0.3 is 5.97 Å². The first-order valence-electron chi connectivity index (χ1n) is 9.41. The van der Waals surface area contributed by atoms with Gasteiger partial charge in [-0.05, 0) is 42.0 Å². The van der Waals surface area contributed by atoms with Gasteiger partial charge in [0, 0.05) is 13.1 Å². The molecule has 2 aromatic carbocycles. The molecule has 0 aromatic heterocycles. The predicted octanol–water partition coefficient (Wildman–Crippen LogP) is 3.83. The van der Waals surface area contributed by atoms with Crippen LogP contribution in [0.5, 0.6) is 0 Å². The fourth-order valence-corrected chi connectivity index (χ4v) is 4.54. The Morgan fingerprint density at radius 3 is 2.34 bits per heavy atom. The van der Waals surface area contributed by atoms with Crippen LogP contribution in [0.15, 0.2) is 67.3 Å². The van der Waals surface area contributed by atoms with Crippen LogP contribution >= 0.6 is 0 Å². The molecule has 3 rings (SSSR count). The van der Waals surface area contributed by atoms with Crippen molar-refractivity contribution in [3.05, 3.63) is 84.2 Å². The van der Waals surface area contributed by atoms with Crippen molar-refractivity contribution in [3.63, 3.8) is 0 Å². The van der Waals surface area contributed by atoms with Crippen LogP contribution < -0.4 is 0 Å². The Labute approximate surface area is 171 Å². The zero-order valence-corrected chi connectivity index (χ0v) is 17.0. The highest BCUT2D eigenvalue weighted by Crippen LogP contribution is 2.28. The number of carboxylic acids is 1. The van der Waals surface area contributed by atoms with E-state index in [-0.39, 0.29) is 23.9 Å². The largest absolute Gasteiger partial charge is 0.481 e. The van der Waals surface area contributed by atoms with Gasteiger partial charge in [-0.25, -0.2) is 17.1 Å². The number of piperidine rings is 1. The third kappa shape index (κ3) is 7.44. The summed E-state index contributed by atoms with van der Waals surface area (Å²) in [4.78, 5) is 10.7. The van der Waals surface area contributed by atoms with Crippen LogP contribution in [0.25, 0.3) is 0 Å². The molecule has 0 radical (unpaired) electrons. The molecule has 1 fully saturated rings. The van der Waals surface area contributed by atoms with E-state index in [1.54, 1.807) is 30.3 Å². The number of aliphatic carboxylic acids is 1. The number of hydrogen-bond donors (Lipinski definition) is 1. The third-order valence-corrected chi connectivity index (χ3v) is 6.42. The molecule has 156 valence electrons. The van der Waals surface area contributed by atoms with Crippen LogP contribution in [0.1, 0.15) is 29.9 Å². The Morgan fingerprint density at radius 1 is 1.17 bits per heavy atom. The predicted molar refractivity (Wildman–Crippen MR) is 112 cm³/mol. The van der Waals surface area contributed by atoms with Crippen molar-refractivity contribution in [1.82, 2.24) is 4.31 Å². The fourth-order valence-electron chi connectivity index (χ4n) is 3.22. The van der Waals surface area contributed by atoms with Gasteiger partial charge in [-0.15, -0.1) is 6.58 Å². The van der Waals surface area contributed by atoms with Crippen molar-refractivity contribution in [3.8, 4) is 0 Å². The highest BCUT2D eigenvalue weighted by molar-refractivity contribution is 7.89. The van der Waals surface area contributed by atoms with Gasteiger partial charge in [0.1, 0.15) is 5.82 Å². The lowest BCUT2D eigenvalue weighted by Crippen LogP contribution is -2.40. The number of rotatable bonds is 6. The second-order valence-electron chi connectivity index (χ2n) is 6.87. The molecule has 29 heavy (non-hydrogen) atoms. The van der Waals surface area contributed by atoms with Crippen molar-refractivity contribution < 1.29 is 22.7 Å². The van der Waals surface area contributed by atoms with E-state index in [9.17, 15) is 17.6 Å². The molecule has 1 saturated heterocycles. The summed E-state index contributed by atoms with van der Waals surface area (Å²) >= 11 is 0. The van der Waals surface area contributed by atoms with Crippen LogP contribution in [-0.4, -0.2) is 42.6 Å². The first kappa shape index (κ1) is 22.8. The van der Waals surface area contributed by atoms with E-state index in [4.69, 9.17) is 5.11 Å². The van der Waals surface area contributed by atoms with Gasteiger partial charge in [0.2, 0.25) is 10.0 Å². The molecule has 1 aliphatic heterocycles. The standard InChI is InChI=1S/C16H21NO4S.C6H5F/c1-2-10-22(20,21)17-9-3-4-15(12-17)14-7-5-13(6-8-14)11-16(18)19;7-6-4-2-1-3-5-6/h2,5-8,15H,1,3-4,9-12H2,(H,18,19);1-5H. The van der Waals surface area contributed by atoms with Crippen molar-refractivity contribution in [2.24, 2.45) is 0 Å². The number of carboxylic acid groups (broad SMARTS) is 1. The Hall–Kier alpha value is -2.51. The molecular formula is C22H26FNO4S. The molecule has 1 atom stereocenters. The Kier molecular flexibility index (Phi) is 8.54. The third-order valence-electron chi connectivity index (χ3n) is 4.65. The zero-order chi connectivity index (χ0) is 21.3. The molecule has 5 nitrogen and oxygen atoms in total. The molecule has 1 aliphatic rings. The SMILES string of the molecule is C=CCS(=O)(=O)N1CCCC(c2ccc(CC(=O)O)cc2)C1.Fc1ccccc1. The summed E-state index contributed by atoms with van der Waals surface area (Å²) in [6.07, 6.45) is 3.20. The number of nitrogens with zero attached hydrogens (tertiary/aromatic N) is 1. The zero-order valence-electron chi connectivity index (χ0n) is 16.2. The van der Waals surface area contributed by atoms with E-state index in [0.717, 1.165) is 24.0 Å². The topological polar surface area (TPSA) is 74.7 Å². The number of benzene rings is 2. The molecule has 2 aromatic rings. The lowest BCUT2D eigenvalue weighted by Gasteiger charge is -2.32. The van der Waals surface area contributed by atoms with E-state index in [0.29, 0.717) is 13.1 Å². The van der Waals surface area contributed by atoms with E-state index in [1.807, 2.05) is 12.1 Å². The maximum atomic E-state index is 12.1. The van der Waals surface area contributed by atoms with Crippen molar-refractivity contribution >= 4 is 16.0 Å². The molecule has 7 heteroatoms. The lowest BCUT2D eigenvalue weighted by molar-refractivity contribution is -0.136. The summed E-state index contributed by atoms with van der Waals surface area (Å²) in [5.74, 6) is -0.904. The van der Waals surface area contributed by atoms with Crippen molar-refractivity contribution in [2.45, 2.75) is 25.2 Å². The summed E-state index contributed by atoms with van der Waals surface area (Å²) in [6, 6.07) is 15.4. The minimum absolute atomic E-state index is 0.00475. The van der Waals surface area contributed by atoms with E-state index in [2.05, 4.69) is 6.58 Å². The molecule has 0 spiro atoms. The second kappa shape index (κ2) is 10.9. The van der Waals surface area contributed by atoms with Crippen LogP contribution in [-0.2, 0) is 21.2 Å². The van der Waals surface area contributed by atoms with Gasteiger partial charge in [0.25, 0.3) is 0 Å². The molecule has 1 unspecified atom stereocenters. The van der Waals surface area contributed by atoms with Gasteiger partial charge in [0.15, 0.2) is 0 Å². The van der Waals surface area contributed by atoms with Crippen molar-refractivity contribution in [2.75, 3.05) is 18.8 Å². The van der Waals surface area contributed by atoms with Gasteiger partial charge in [-0.3, -0.25) is 4.79 Å². The first-order chi connectivity index (χ1) is 13.8. The lowest BCUT2D eigenvalue weighted by atomic mass is 9.91. The van der Waals surface area contributed by atoms with Crippen LogP contribution in [0, 0.1) is 5.82 Å². The quantitative estimate of drug-likeness (QED) is 0.722. The monoisotopic (exact) mass is 419 g/mol. The van der Waals surface area contributed by atoms with Crippen LogP contribution in [0.2, 0.25) is 0 Å². The number of hydrogen-bond acceptors (Lipinski definition) is 3. The van der Waals surface area contributed by atoms with Crippen LogP contribution in [0.3, 0.4) is 0 Å². The van der Waals surface area contributed by atoms with Gasteiger partial charge in [0.05, 0.1) is 12.2 Å². The van der Waals surface area contributed by atoms with Gasteiger partial charge < -0.3 is 5.11 Å². The fraction of sp³-hybridized carbons (Fsp3) is 0.318. The minimum atomic E-state index is -3.26. The van der Waals surface area contributed by atoms with E-state index >= 15 is 0 Å². The smallest absolute Gasteiger partial charge is 0.307 e. The second-order valence-corrected chi connectivity index (χ2v) is 8.89. The summed E-state index contributed by atoms with van der Waals surface area (Å²) in [7, 11) is -3.26. The Morgan fingerprint density at radius 2 is 1.83 bits per heavy atom.